The van der Waals surface area contributed by atoms with E-state index in [1.807, 2.05) is 67.6 Å². The summed E-state index contributed by atoms with van der Waals surface area (Å²) in [5.74, 6) is -0.145. The maximum Gasteiger partial charge on any atom is 0.187 e. The Balaban J connectivity index is 1.82. The zero-order valence-corrected chi connectivity index (χ0v) is 18.4. The van der Waals surface area contributed by atoms with Crippen molar-refractivity contribution >= 4 is 9.84 Å². The van der Waals surface area contributed by atoms with E-state index in [0.29, 0.717) is 18.8 Å². The molecule has 1 heterocycles. The lowest BCUT2D eigenvalue weighted by Crippen LogP contribution is -2.55. The Labute approximate surface area is 179 Å². The van der Waals surface area contributed by atoms with Gasteiger partial charge in [0.1, 0.15) is 6.10 Å². The molecule has 6 heteroatoms. The molecule has 1 aliphatic rings. The van der Waals surface area contributed by atoms with Crippen LogP contribution in [-0.4, -0.2) is 38.4 Å². The summed E-state index contributed by atoms with van der Waals surface area (Å²) in [7, 11) is -3.60. The molecule has 2 aromatic rings. The van der Waals surface area contributed by atoms with Crippen LogP contribution in [0, 0.1) is 5.92 Å². The van der Waals surface area contributed by atoms with E-state index in [0.717, 1.165) is 11.1 Å². The van der Waals surface area contributed by atoms with Crippen LogP contribution in [0.2, 0.25) is 0 Å². The Kier molecular flexibility index (Phi) is 7.83. The molecule has 162 valence electrons. The topological polar surface area (TPSA) is 61.8 Å². The second kappa shape index (κ2) is 10.4. The minimum Gasteiger partial charge on any atom is -0.370 e. The van der Waals surface area contributed by atoms with Gasteiger partial charge in [-0.2, -0.15) is 0 Å². The fraction of sp³-hybridized carbons (Fsp3) is 0.417. The van der Waals surface area contributed by atoms with Crippen LogP contribution < -0.4 is 0 Å². The first-order valence-corrected chi connectivity index (χ1v) is 11.9. The molecule has 0 radical (unpaired) electrons. The van der Waals surface area contributed by atoms with E-state index in [1.54, 1.807) is 6.92 Å². The van der Waals surface area contributed by atoms with Gasteiger partial charge in [0.25, 0.3) is 0 Å². The smallest absolute Gasteiger partial charge is 0.187 e. The van der Waals surface area contributed by atoms with Crippen molar-refractivity contribution < 1.29 is 22.6 Å². The van der Waals surface area contributed by atoms with Crippen LogP contribution >= 0.6 is 0 Å². The zero-order valence-electron chi connectivity index (χ0n) is 17.6. The monoisotopic (exact) mass is 430 g/mol. The van der Waals surface area contributed by atoms with Gasteiger partial charge in [-0.3, -0.25) is 0 Å². The molecular formula is C24H30O5S. The van der Waals surface area contributed by atoms with Crippen molar-refractivity contribution in [1.29, 1.82) is 0 Å². The van der Waals surface area contributed by atoms with Gasteiger partial charge in [-0.25, -0.2) is 8.42 Å². The molecule has 1 fully saturated rings. The van der Waals surface area contributed by atoms with Gasteiger partial charge in [-0.05, 0) is 18.1 Å². The second-order valence-electron chi connectivity index (χ2n) is 7.97. The summed E-state index contributed by atoms with van der Waals surface area (Å²) in [6.07, 6.45) is -1.14. The summed E-state index contributed by atoms with van der Waals surface area (Å²) in [5, 5.41) is 0. The molecule has 0 saturated carbocycles. The predicted molar refractivity (Wildman–Crippen MR) is 118 cm³/mol. The van der Waals surface area contributed by atoms with Crippen LogP contribution in [-0.2, 0) is 37.3 Å². The van der Waals surface area contributed by atoms with E-state index in [9.17, 15) is 8.42 Å². The molecule has 1 aliphatic heterocycles. The van der Waals surface area contributed by atoms with E-state index < -0.39 is 27.5 Å². The summed E-state index contributed by atoms with van der Waals surface area (Å²) in [5.41, 5.74) is 1.48. The first-order chi connectivity index (χ1) is 14.4. The number of benzene rings is 2. The van der Waals surface area contributed by atoms with Crippen LogP contribution in [0.1, 0.15) is 25.0 Å². The van der Waals surface area contributed by atoms with Crippen molar-refractivity contribution in [1.82, 2.24) is 0 Å². The van der Waals surface area contributed by atoms with Gasteiger partial charge >= 0.3 is 0 Å². The van der Waals surface area contributed by atoms with Gasteiger partial charge < -0.3 is 14.2 Å². The minimum absolute atomic E-state index is 0.00855. The van der Waals surface area contributed by atoms with Crippen LogP contribution in [0.5, 0.6) is 0 Å². The lowest BCUT2D eigenvalue weighted by atomic mass is 9.97. The summed E-state index contributed by atoms with van der Waals surface area (Å²) >= 11 is 0. The molecular weight excluding hydrogens is 400 g/mol. The first-order valence-electron chi connectivity index (χ1n) is 10.2. The van der Waals surface area contributed by atoms with Gasteiger partial charge in [0.2, 0.25) is 0 Å². The summed E-state index contributed by atoms with van der Waals surface area (Å²) in [6.45, 7) is 8.42. The van der Waals surface area contributed by atoms with E-state index in [4.69, 9.17) is 14.2 Å². The van der Waals surface area contributed by atoms with Crippen LogP contribution in [0.3, 0.4) is 0 Å². The first kappa shape index (κ1) is 22.7. The minimum atomic E-state index is -3.60. The fourth-order valence-electron chi connectivity index (χ4n) is 3.61. The highest BCUT2D eigenvalue weighted by molar-refractivity contribution is 7.92. The average molecular weight is 431 g/mol. The fourth-order valence-corrected chi connectivity index (χ4v) is 5.39. The molecule has 1 unspecified atom stereocenters. The Morgan fingerprint density at radius 2 is 1.47 bits per heavy atom. The molecule has 0 spiro atoms. The highest BCUT2D eigenvalue weighted by atomic mass is 32.2. The van der Waals surface area contributed by atoms with Gasteiger partial charge in [0, 0.05) is 5.92 Å². The zero-order chi connectivity index (χ0) is 21.6. The summed E-state index contributed by atoms with van der Waals surface area (Å²) in [4.78, 5) is 0. The van der Waals surface area contributed by atoms with Crippen molar-refractivity contribution in [3.8, 4) is 0 Å². The average Bonchev–Trinajstić information content (AvgIpc) is 2.72. The SMILES string of the molecule is C=C(C)CS(=O)(=O)C1OC[C@@H](C)[C@@H](OCc2ccccc2)[C@@H]1OCc1ccccc1. The Morgan fingerprint density at radius 1 is 0.967 bits per heavy atom. The van der Waals surface area contributed by atoms with Crippen LogP contribution in [0.25, 0.3) is 0 Å². The van der Waals surface area contributed by atoms with Gasteiger partial charge in [0.15, 0.2) is 15.3 Å². The van der Waals surface area contributed by atoms with Crippen molar-refractivity contribution in [2.24, 2.45) is 5.92 Å². The lowest BCUT2D eigenvalue weighted by molar-refractivity contribution is -0.183. The van der Waals surface area contributed by atoms with Crippen molar-refractivity contribution in [3.05, 3.63) is 83.9 Å². The van der Waals surface area contributed by atoms with Gasteiger partial charge in [-0.15, -0.1) is 0 Å². The Hall–Kier alpha value is -1.99. The molecule has 0 aliphatic carbocycles. The van der Waals surface area contributed by atoms with E-state index in [1.165, 1.54) is 0 Å². The second-order valence-corrected chi connectivity index (χ2v) is 10.0. The Bertz CT molecular complexity index is 911. The van der Waals surface area contributed by atoms with Crippen molar-refractivity contribution in [3.63, 3.8) is 0 Å². The standard InChI is InChI=1S/C24H30O5S/c1-18(2)17-30(25,26)24-23(28-16-21-12-8-5-9-13-21)22(19(3)14-29-24)27-15-20-10-6-4-7-11-20/h4-13,19,22-24H,1,14-17H2,2-3H3/t19-,22-,23+,24?/m1/s1. The highest BCUT2D eigenvalue weighted by Gasteiger charge is 2.46. The molecule has 0 amide bonds. The highest BCUT2D eigenvalue weighted by Crippen LogP contribution is 2.30. The molecule has 3 rings (SSSR count). The molecule has 2 aromatic carbocycles. The number of hydrogen-bond acceptors (Lipinski definition) is 5. The van der Waals surface area contributed by atoms with Crippen LogP contribution in [0.4, 0.5) is 0 Å². The Morgan fingerprint density at radius 3 is 1.97 bits per heavy atom. The molecule has 0 N–H and O–H groups in total. The normalized spacial score (nSPS) is 24.5. The maximum atomic E-state index is 13.0. The quantitative estimate of drug-likeness (QED) is 0.560. The third-order valence-corrected chi connectivity index (χ3v) is 7.06. The predicted octanol–water partition coefficient (Wildman–Crippen LogP) is 4.14. The molecule has 1 saturated heterocycles. The van der Waals surface area contributed by atoms with Crippen molar-refractivity contribution in [2.75, 3.05) is 12.4 Å². The molecule has 4 atom stereocenters. The summed E-state index contributed by atoms with van der Waals surface area (Å²) < 4.78 is 44.2. The lowest BCUT2D eigenvalue weighted by Gasteiger charge is -2.41. The van der Waals surface area contributed by atoms with Crippen molar-refractivity contribution in [2.45, 2.75) is 44.7 Å². The molecule has 0 bridgehead atoms. The largest absolute Gasteiger partial charge is 0.370 e. The maximum absolute atomic E-state index is 13.0. The number of hydrogen-bond donors (Lipinski definition) is 0. The van der Waals surface area contributed by atoms with E-state index in [2.05, 4.69) is 6.58 Å². The van der Waals surface area contributed by atoms with Gasteiger partial charge in [0.05, 0.1) is 31.7 Å². The molecule has 30 heavy (non-hydrogen) atoms. The third-order valence-electron chi connectivity index (χ3n) is 5.05. The summed E-state index contributed by atoms with van der Waals surface area (Å²) in [6, 6.07) is 19.5. The molecule has 0 aromatic heterocycles. The number of ether oxygens (including phenoxy) is 3. The van der Waals surface area contributed by atoms with E-state index >= 15 is 0 Å². The van der Waals surface area contributed by atoms with Crippen LogP contribution in [0.15, 0.2) is 72.8 Å². The number of sulfone groups is 1. The number of rotatable bonds is 9. The van der Waals surface area contributed by atoms with Gasteiger partial charge in [-0.1, -0.05) is 79.7 Å². The van der Waals surface area contributed by atoms with E-state index in [-0.39, 0.29) is 18.3 Å². The third kappa shape index (κ3) is 6.01. The molecule has 5 nitrogen and oxygen atoms in total.